The van der Waals surface area contributed by atoms with E-state index in [0.717, 1.165) is 24.5 Å². The number of anilines is 2. The van der Waals surface area contributed by atoms with Gasteiger partial charge in [0, 0.05) is 37.7 Å². The zero-order valence-electron chi connectivity index (χ0n) is 15.4. The minimum absolute atomic E-state index is 0.267. The molecule has 0 saturated carbocycles. The molecule has 1 aromatic carbocycles. The normalized spacial score (nSPS) is 14.8. The number of aromatic nitrogens is 2. The van der Waals surface area contributed by atoms with E-state index in [9.17, 15) is 8.42 Å². The van der Waals surface area contributed by atoms with Crippen LogP contribution in [-0.2, 0) is 10.0 Å². The molecule has 0 spiro atoms. The summed E-state index contributed by atoms with van der Waals surface area (Å²) in [7, 11) is -3.48. The maximum absolute atomic E-state index is 12.0. The molecular weight excluding hydrogens is 362 g/mol. The van der Waals surface area contributed by atoms with Gasteiger partial charge in [0.15, 0.2) is 0 Å². The van der Waals surface area contributed by atoms with Crippen molar-refractivity contribution < 1.29 is 8.42 Å². The van der Waals surface area contributed by atoms with Crippen LogP contribution < -0.4 is 14.9 Å². The number of hydrogen-bond acceptors (Lipinski definition) is 6. The second kappa shape index (κ2) is 8.96. The predicted octanol–water partition coefficient (Wildman–Crippen LogP) is 2.39. The van der Waals surface area contributed by atoms with Gasteiger partial charge in [-0.25, -0.2) is 23.1 Å². The van der Waals surface area contributed by atoms with Crippen LogP contribution in [0.5, 0.6) is 0 Å². The van der Waals surface area contributed by atoms with E-state index in [4.69, 9.17) is 0 Å². The average Bonchev–Trinajstić information content (AvgIpc) is 3.19. The summed E-state index contributed by atoms with van der Waals surface area (Å²) in [5.41, 5.74) is 0.840. The largest absolute Gasteiger partial charge is 0.369 e. The minimum atomic E-state index is -3.48. The van der Waals surface area contributed by atoms with Crippen LogP contribution in [0.1, 0.15) is 24.2 Å². The van der Waals surface area contributed by atoms with E-state index in [-0.39, 0.29) is 6.54 Å². The van der Waals surface area contributed by atoms with Crippen LogP contribution in [0, 0.1) is 6.92 Å². The van der Waals surface area contributed by atoms with Crippen LogP contribution in [0.2, 0.25) is 0 Å². The molecule has 7 nitrogen and oxygen atoms in total. The highest BCUT2D eigenvalue weighted by atomic mass is 32.2. The molecule has 1 aromatic heterocycles. The molecule has 2 aromatic rings. The van der Waals surface area contributed by atoms with E-state index in [2.05, 4.69) is 24.9 Å². The molecule has 144 valence electrons. The third kappa shape index (κ3) is 6.04. The third-order valence-electron chi connectivity index (χ3n) is 4.23. The Balaban J connectivity index is 1.50. The van der Waals surface area contributed by atoms with Crippen molar-refractivity contribution in [1.82, 2.24) is 14.7 Å². The molecule has 1 saturated heterocycles. The van der Waals surface area contributed by atoms with Crippen LogP contribution in [-0.4, -0.2) is 44.6 Å². The van der Waals surface area contributed by atoms with Crippen LogP contribution in [0.3, 0.4) is 0 Å². The molecule has 0 unspecified atom stereocenters. The Bertz CT molecular complexity index is 878. The summed E-state index contributed by atoms with van der Waals surface area (Å²) in [4.78, 5) is 11.1. The monoisotopic (exact) mass is 387 g/mol. The van der Waals surface area contributed by atoms with Crippen molar-refractivity contribution in [1.29, 1.82) is 0 Å². The lowest BCUT2D eigenvalue weighted by Gasteiger charge is -2.17. The first-order chi connectivity index (χ1) is 13.0. The fourth-order valence-electron chi connectivity index (χ4n) is 2.91. The number of hydrogen-bond donors (Lipinski definition) is 2. The van der Waals surface area contributed by atoms with Gasteiger partial charge in [-0.3, -0.25) is 0 Å². The molecule has 0 radical (unpaired) electrons. The number of benzene rings is 1. The Labute approximate surface area is 160 Å². The summed E-state index contributed by atoms with van der Waals surface area (Å²) < 4.78 is 26.6. The maximum atomic E-state index is 12.0. The van der Waals surface area contributed by atoms with E-state index in [0.29, 0.717) is 18.2 Å². The molecule has 0 atom stereocenters. The molecule has 27 heavy (non-hydrogen) atoms. The van der Waals surface area contributed by atoms with Gasteiger partial charge in [-0.2, -0.15) is 0 Å². The number of sulfonamides is 1. The van der Waals surface area contributed by atoms with Gasteiger partial charge in [0.05, 0.1) is 0 Å². The van der Waals surface area contributed by atoms with Gasteiger partial charge in [0.2, 0.25) is 10.0 Å². The Morgan fingerprint density at radius 2 is 1.85 bits per heavy atom. The molecule has 0 aliphatic carbocycles. The highest BCUT2D eigenvalue weighted by Gasteiger charge is 2.15. The Hall–Kier alpha value is -2.45. The summed E-state index contributed by atoms with van der Waals surface area (Å²) >= 11 is 0. The molecule has 2 N–H and O–H groups in total. The van der Waals surface area contributed by atoms with Crippen molar-refractivity contribution in [3.05, 3.63) is 53.2 Å². The Morgan fingerprint density at radius 3 is 2.59 bits per heavy atom. The SMILES string of the molecule is Cc1nc(NCCNS(=O)(=O)/C=C/c2ccccc2)cc(N2CCCC2)n1. The molecule has 1 aliphatic heterocycles. The van der Waals surface area contributed by atoms with Gasteiger partial charge >= 0.3 is 0 Å². The fraction of sp³-hybridized carbons (Fsp3) is 0.368. The standard InChI is InChI=1S/C19H25N5O2S/c1-16-22-18(15-19(23-16)24-12-5-6-13-24)20-10-11-21-27(25,26)14-9-17-7-3-2-4-8-17/h2-4,7-9,14-15,21H,5-6,10-13H2,1H3,(H,20,22,23)/b14-9+. The summed E-state index contributed by atoms with van der Waals surface area (Å²) in [5.74, 6) is 2.34. The number of rotatable bonds is 8. The van der Waals surface area contributed by atoms with E-state index >= 15 is 0 Å². The summed E-state index contributed by atoms with van der Waals surface area (Å²) in [6, 6.07) is 11.2. The Morgan fingerprint density at radius 1 is 1.11 bits per heavy atom. The van der Waals surface area contributed by atoms with Gasteiger partial charge < -0.3 is 10.2 Å². The first-order valence-corrected chi connectivity index (χ1v) is 10.6. The van der Waals surface area contributed by atoms with Gasteiger partial charge in [0.1, 0.15) is 17.5 Å². The van der Waals surface area contributed by atoms with Crippen molar-refractivity contribution >= 4 is 27.7 Å². The minimum Gasteiger partial charge on any atom is -0.369 e. The molecule has 0 bridgehead atoms. The summed E-state index contributed by atoms with van der Waals surface area (Å²) in [6.45, 7) is 4.60. The van der Waals surface area contributed by atoms with Gasteiger partial charge in [-0.05, 0) is 31.4 Å². The lowest BCUT2D eigenvalue weighted by Crippen LogP contribution is -2.27. The van der Waals surface area contributed by atoms with Crippen LogP contribution in [0.4, 0.5) is 11.6 Å². The average molecular weight is 388 g/mol. The quantitative estimate of drug-likeness (QED) is 0.677. The molecule has 2 heterocycles. The lowest BCUT2D eigenvalue weighted by molar-refractivity contribution is 0.592. The number of nitrogens with zero attached hydrogens (tertiary/aromatic N) is 3. The van der Waals surface area contributed by atoms with Gasteiger partial charge in [0.25, 0.3) is 0 Å². The number of nitrogens with one attached hydrogen (secondary N) is 2. The first-order valence-electron chi connectivity index (χ1n) is 9.09. The molecule has 1 fully saturated rings. The van der Waals surface area contributed by atoms with E-state index < -0.39 is 10.0 Å². The smallest absolute Gasteiger partial charge is 0.233 e. The zero-order valence-corrected chi connectivity index (χ0v) is 16.2. The van der Waals surface area contributed by atoms with Crippen molar-refractivity contribution in [2.24, 2.45) is 0 Å². The molecule has 3 rings (SSSR count). The number of aryl methyl sites for hydroxylation is 1. The van der Waals surface area contributed by atoms with Crippen molar-refractivity contribution in [2.75, 3.05) is 36.4 Å². The van der Waals surface area contributed by atoms with Crippen molar-refractivity contribution in [3.8, 4) is 0 Å². The molecular formula is C19H25N5O2S. The van der Waals surface area contributed by atoms with Crippen LogP contribution in [0.15, 0.2) is 41.8 Å². The van der Waals surface area contributed by atoms with Crippen molar-refractivity contribution in [2.45, 2.75) is 19.8 Å². The molecule has 1 aliphatic rings. The van der Waals surface area contributed by atoms with Gasteiger partial charge in [-0.15, -0.1) is 0 Å². The first kappa shape index (κ1) is 19.3. The summed E-state index contributed by atoms with van der Waals surface area (Å²) in [6.07, 6.45) is 3.94. The second-order valence-electron chi connectivity index (χ2n) is 6.43. The third-order valence-corrected chi connectivity index (χ3v) is 5.33. The highest BCUT2D eigenvalue weighted by Crippen LogP contribution is 2.20. The lowest BCUT2D eigenvalue weighted by atomic mass is 10.2. The topological polar surface area (TPSA) is 87.2 Å². The van der Waals surface area contributed by atoms with E-state index in [1.807, 2.05) is 43.3 Å². The second-order valence-corrected chi connectivity index (χ2v) is 8.08. The summed E-state index contributed by atoms with van der Waals surface area (Å²) in [5, 5.41) is 4.35. The maximum Gasteiger partial charge on any atom is 0.233 e. The molecule has 8 heteroatoms. The van der Waals surface area contributed by atoms with Crippen LogP contribution >= 0.6 is 0 Å². The van der Waals surface area contributed by atoms with Crippen molar-refractivity contribution in [3.63, 3.8) is 0 Å². The van der Waals surface area contributed by atoms with Crippen LogP contribution in [0.25, 0.3) is 6.08 Å². The predicted molar refractivity (Wildman–Crippen MR) is 109 cm³/mol. The Kier molecular flexibility index (Phi) is 6.41. The fourth-order valence-corrected chi connectivity index (χ4v) is 3.73. The zero-order chi connectivity index (χ0) is 19.1. The highest BCUT2D eigenvalue weighted by molar-refractivity contribution is 7.92. The van der Waals surface area contributed by atoms with Gasteiger partial charge in [-0.1, -0.05) is 30.3 Å². The van der Waals surface area contributed by atoms with E-state index in [1.54, 1.807) is 6.08 Å². The van der Waals surface area contributed by atoms with E-state index in [1.165, 1.54) is 18.2 Å². The molecule has 0 amide bonds.